The number of pyridine rings is 1. The van der Waals surface area contributed by atoms with Crippen LogP contribution < -0.4 is 5.32 Å². The fourth-order valence-corrected chi connectivity index (χ4v) is 3.25. The van der Waals surface area contributed by atoms with Gasteiger partial charge in [0.25, 0.3) is 5.91 Å². The zero-order chi connectivity index (χ0) is 17.9. The van der Waals surface area contributed by atoms with E-state index in [1.54, 1.807) is 29.2 Å². The van der Waals surface area contributed by atoms with Gasteiger partial charge in [-0.25, -0.2) is 0 Å². The second kappa shape index (κ2) is 7.13. The van der Waals surface area contributed by atoms with Crippen LogP contribution >= 0.6 is 0 Å². The molecule has 1 saturated carbocycles. The number of hydrogen-bond donors (Lipinski definition) is 2. The van der Waals surface area contributed by atoms with Crippen LogP contribution in [0.1, 0.15) is 40.9 Å². The number of carbonyl (C=O) groups is 1. The van der Waals surface area contributed by atoms with E-state index in [0.29, 0.717) is 25.1 Å². The van der Waals surface area contributed by atoms with Gasteiger partial charge in [0.05, 0.1) is 24.4 Å². The molecule has 1 amide bonds. The standard InChI is InChI=1S/C19H20N4O3/c24-14-10-13(11-14)18(16-4-1-2-7-20-16)22-19(25)17-6-5-15(26-17)12-23-9-3-8-21-23/h1-9,13-14,18,24H,10-12H2,(H,22,25)/t13?,14?,18-/m1/s1. The summed E-state index contributed by atoms with van der Waals surface area (Å²) >= 11 is 0. The molecule has 4 rings (SSSR count). The molecular weight excluding hydrogens is 332 g/mol. The highest BCUT2D eigenvalue weighted by atomic mass is 16.4. The van der Waals surface area contributed by atoms with Gasteiger partial charge in [-0.3, -0.25) is 14.5 Å². The summed E-state index contributed by atoms with van der Waals surface area (Å²) in [5.41, 5.74) is 0.793. The van der Waals surface area contributed by atoms with Crippen molar-refractivity contribution in [2.24, 2.45) is 5.92 Å². The van der Waals surface area contributed by atoms with Crippen molar-refractivity contribution in [3.05, 3.63) is 72.2 Å². The predicted octanol–water partition coefficient (Wildman–Crippen LogP) is 2.16. The van der Waals surface area contributed by atoms with Gasteiger partial charge >= 0.3 is 0 Å². The Morgan fingerprint density at radius 2 is 2.15 bits per heavy atom. The van der Waals surface area contributed by atoms with Crippen LogP contribution in [0.4, 0.5) is 0 Å². The van der Waals surface area contributed by atoms with E-state index >= 15 is 0 Å². The van der Waals surface area contributed by atoms with Crippen molar-refractivity contribution < 1.29 is 14.3 Å². The minimum absolute atomic E-state index is 0.169. The summed E-state index contributed by atoms with van der Waals surface area (Å²) in [5, 5.41) is 16.8. The predicted molar refractivity (Wildman–Crippen MR) is 93.2 cm³/mol. The first-order valence-corrected chi connectivity index (χ1v) is 8.65. The molecule has 2 N–H and O–H groups in total. The quantitative estimate of drug-likeness (QED) is 0.709. The molecule has 0 aliphatic heterocycles. The fraction of sp³-hybridized carbons (Fsp3) is 0.316. The highest BCUT2D eigenvalue weighted by molar-refractivity contribution is 5.91. The highest BCUT2D eigenvalue weighted by Gasteiger charge is 2.36. The highest BCUT2D eigenvalue weighted by Crippen LogP contribution is 2.37. The van der Waals surface area contributed by atoms with Gasteiger partial charge in [-0.2, -0.15) is 5.10 Å². The Hall–Kier alpha value is -2.93. The van der Waals surface area contributed by atoms with Crippen molar-refractivity contribution >= 4 is 5.91 Å². The Morgan fingerprint density at radius 3 is 2.85 bits per heavy atom. The maximum atomic E-state index is 12.7. The van der Waals surface area contributed by atoms with Gasteiger partial charge in [0, 0.05) is 18.6 Å². The van der Waals surface area contributed by atoms with Crippen molar-refractivity contribution in [1.82, 2.24) is 20.1 Å². The first-order chi connectivity index (χ1) is 12.7. The van der Waals surface area contributed by atoms with E-state index in [4.69, 9.17) is 4.42 Å². The minimum atomic E-state index is -0.299. The summed E-state index contributed by atoms with van der Waals surface area (Å²) in [6.45, 7) is 0.471. The lowest BCUT2D eigenvalue weighted by Gasteiger charge is -2.37. The van der Waals surface area contributed by atoms with E-state index in [-0.39, 0.29) is 29.7 Å². The van der Waals surface area contributed by atoms with Crippen LogP contribution in [0.3, 0.4) is 0 Å². The van der Waals surface area contributed by atoms with Crippen molar-refractivity contribution in [2.45, 2.75) is 31.5 Å². The molecule has 3 aromatic rings. The number of amides is 1. The molecule has 0 bridgehead atoms. The number of hydrogen-bond acceptors (Lipinski definition) is 5. The molecule has 0 spiro atoms. The fourth-order valence-electron chi connectivity index (χ4n) is 3.25. The molecule has 3 heterocycles. The van der Waals surface area contributed by atoms with Gasteiger partial charge in [-0.15, -0.1) is 0 Å². The Kier molecular flexibility index (Phi) is 4.53. The molecule has 7 heteroatoms. The monoisotopic (exact) mass is 352 g/mol. The van der Waals surface area contributed by atoms with E-state index in [0.717, 1.165) is 5.69 Å². The SMILES string of the molecule is O=C(N[C@@H](c1ccccn1)C1CC(O)C1)c1ccc(Cn2cccn2)o1. The molecule has 1 aliphatic carbocycles. The van der Waals surface area contributed by atoms with Crippen LogP contribution in [0.2, 0.25) is 0 Å². The summed E-state index contributed by atoms with van der Waals surface area (Å²) < 4.78 is 7.39. The van der Waals surface area contributed by atoms with E-state index in [9.17, 15) is 9.90 Å². The molecule has 0 aromatic carbocycles. The molecule has 7 nitrogen and oxygen atoms in total. The largest absolute Gasteiger partial charge is 0.454 e. The molecule has 3 aromatic heterocycles. The Morgan fingerprint density at radius 1 is 1.27 bits per heavy atom. The van der Waals surface area contributed by atoms with Gasteiger partial charge in [0.1, 0.15) is 5.76 Å². The molecule has 1 atom stereocenters. The van der Waals surface area contributed by atoms with Gasteiger partial charge < -0.3 is 14.8 Å². The van der Waals surface area contributed by atoms with Crippen LogP contribution in [0.5, 0.6) is 0 Å². The summed E-state index contributed by atoms with van der Waals surface area (Å²) in [5.74, 6) is 0.802. The molecular formula is C19H20N4O3. The third-order valence-corrected chi connectivity index (χ3v) is 4.68. The maximum Gasteiger partial charge on any atom is 0.287 e. The number of nitrogens with zero attached hydrogens (tertiary/aromatic N) is 3. The lowest BCUT2D eigenvalue weighted by Crippen LogP contribution is -2.41. The zero-order valence-electron chi connectivity index (χ0n) is 14.2. The second-order valence-electron chi connectivity index (χ2n) is 6.56. The average Bonchev–Trinajstić information content (AvgIpc) is 3.30. The van der Waals surface area contributed by atoms with Gasteiger partial charge in [-0.05, 0) is 49.1 Å². The van der Waals surface area contributed by atoms with E-state index in [2.05, 4.69) is 15.4 Å². The number of rotatable bonds is 6. The topological polar surface area (TPSA) is 93.2 Å². The lowest BCUT2D eigenvalue weighted by atomic mass is 9.76. The van der Waals surface area contributed by atoms with Crippen LogP contribution in [-0.2, 0) is 6.54 Å². The van der Waals surface area contributed by atoms with Crippen LogP contribution in [-0.4, -0.2) is 31.9 Å². The summed E-state index contributed by atoms with van der Waals surface area (Å²) in [6, 6.07) is 10.7. The average molecular weight is 352 g/mol. The molecule has 26 heavy (non-hydrogen) atoms. The first-order valence-electron chi connectivity index (χ1n) is 8.65. The number of carbonyl (C=O) groups excluding carboxylic acids is 1. The normalized spacial score (nSPS) is 20.3. The summed E-state index contributed by atoms with van der Waals surface area (Å²) in [7, 11) is 0. The maximum absolute atomic E-state index is 12.7. The van der Waals surface area contributed by atoms with Crippen molar-refractivity contribution in [1.29, 1.82) is 0 Å². The number of nitrogens with one attached hydrogen (secondary N) is 1. The smallest absolute Gasteiger partial charge is 0.287 e. The van der Waals surface area contributed by atoms with E-state index in [1.165, 1.54) is 0 Å². The van der Waals surface area contributed by atoms with Crippen LogP contribution in [0, 0.1) is 5.92 Å². The first kappa shape index (κ1) is 16.5. The zero-order valence-corrected chi connectivity index (χ0v) is 14.2. The van der Waals surface area contributed by atoms with E-state index < -0.39 is 0 Å². The molecule has 0 saturated heterocycles. The van der Waals surface area contributed by atoms with Gasteiger partial charge in [-0.1, -0.05) is 6.07 Å². The van der Waals surface area contributed by atoms with Crippen molar-refractivity contribution in [2.75, 3.05) is 0 Å². The van der Waals surface area contributed by atoms with Crippen LogP contribution in [0.25, 0.3) is 0 Å². The number of aliphatic hydroxyl groups is 1. The Bertz CT molecular complexity index is 854. The third kappa shape index (κ3) is 3.52. The minimum Gasteiger partial charge on any atom is -0.454 e. The molecule has 134 valence electrons. The number of aliphatic hydroxyl groups excluding tert-OH is 1. The number of furan rings is 1. The van der Waals surface area contributed by atoms with Gasteiger partial charge in [0.15, 0.2) is 5.76 Å². The Balaban J connectivity index is 1.47. The van der Waals surface area contributed by atoms with Crippen molar-refractivity contribution in [3.8, 4) is 0 Å². The summed E-state index contributed by atoms with van der Waals surface area (Å²) in [6.07, 6.45) is 6.25. The number of aromatic nitrogens is 3. The van der Waals surface area contributed by atoms with Crippen LogP contribution in [0.15, 0.2) is 59.4 Å². The Labute approximate surface area is 150 Å². The lowest BCUT2D eigenvalue weighted by molar-refractivity contribution is 0.0225. The van der Waals surface area contributed by atoms with Gasteiger partial charge in [0.2, 0.25) is 0 Å². The second-order valence-corrected chi connectivity index (χ2v) is 6.56. The summed E-state index contributed by atoms with van der Waals surface area (Å²) in [4.78, 5) is 17.0. The van der Waals surface area contributed by atoms with E-state index in [1.807, 2.05) is 30.5 Å². The van der Waals surface area contributed by atoms with Crippen molar-refractivity contribution in [3.63, 3.8) is 0 Å². The molecule has 0 radical (unpaired) electrons. The third-order valence-electron chi connectivity index (χ3n) is 4.68. The molecule has 1 fully saturated rings. The molecule has 0 unspecified atom stereocenters. The molecule has 1 aliphatic rings.